The van der Waals surface area contributed by atoms with Gasteiger partial charge < -0.3 is 65.8 Å². The lowest BCUT2D eigenvalue weighted by Crippen LogP contribution is -2.53. The Hall–Kier alpha value is -8.86. The van der Waals surface area contributed by atoms with Gasteiger partial charge >= 0.3 is 30.2 Å². The quantitative estimate of drug-likeness (QED) is 0.0451. The Bertz CT molecular complexity index is 3180. The number of urea groups is 1. The molecule has 3 aliphatic heterocycles. The van der Waals surface area contributed by atoms with E-state index in [4.69, 9.17) is 30.0 Å². The van der Waals surface area contributed by atoms with E-state index in [2.05, 4.69) is 21.3 Å². The Kier molecular flexibility index (Phi) is 16.8. The summed E-state index contributed by atoms with van der Waals surface area (Å²) in [4.78, 5) is 123. The number of ether oxygens (including phenoxy) is 3. The number of aliphatic hydroxyl groups is 1. The number of carboxylic acids is 1. The lowest BCUT2D eigenvalue weighted by molar-refractivity contribution is -0.172. The lowest BCUT2D eigenvalue weighted by Gasteiger charge is -2.33. The number of amides is 7. The molecule has 5 aromatic rings. The van der Waals surface area contributed by atoms with Crippen molar-refractivity contribution in [3.63, 3.8) is 0 Å². The number of aromatic nitrogens is 2. The molecule has 0 spiro atoms. The standard InChI is InChI=1S/C54H59N9O14/c1-3-35-36-26-34(16-17-40(36)59-46-37(35)28-63-43(46)27-39-38(49(63)69)30-75-50(70)54(39,74)4-2)77-53(73)62-23-21-61(22-24-62)52(72)76-29-32-12-14-33(15-13-32)57-47(67)41(11-8-20-56-51(55)71)60-48(68)42(25-31-9-6-5-7-10-31)58-44(64)18-19-45(65)66/h5-7,9-10,12-17,26-27,41-42,74H,3-4,8,11,18-25,28-30H2,1-2H3,(H,57,67)(H,58,64)(H,60,68)(H,65,66)(H3,55,56,71)/t41-,42-,54-/m0/s1. The molecule has 3 aliphatic rings. The van der Waals surface area contributed by atoms with Gasteiger partial charge in [-0.3, -0.25) is 24.0 Å². The number of cyclic esters (lactones) is 1. The molecule has 0 unspecified atom stereocenters. The Labute approximate surface area is 441 Å². The third-order valence-corrected chi connectivity index (χ3v) is 13.8. The number of carbonyl (C=O) groups excluding carboxylic acids is 7. The number of benzene rings is 3. The monoisotopic (exact) mass is 1060 g/mol. The van der Waals surface area contributed by atoms with Gasteiger partial charge in [-0.25, -0.2) is 24.2 Å². The van der Waals surface area contributed by atoms with Crippen LogP contribution in [-0.4, -0.2) is 122 Å². The summed E-state index contributed by atoms with van der Waals surface area (Å²) in [5.41, 5.74) is 8.38. The minimum Gasteiger partial charge on any atom is -0.481 e. The molecule has 1 fully saturated rings. The largest absolute Gasteiger partial charge is 0.481 e. The summed E-state index contributed by atoms with van der Waals surface area (Å²) in [6.45, 7) is 4.30. The number of nitrogens with one attached hydrogen (secondary N) is 4. The highest BCUT2D eigenvalue weighted by Crippen LogP contribution is 2.41. The molecule has 0 radical (unpaired) electrons. The number of hydrogen-bond donors (Lipinski definition) is 7. The summed E-state index contributed by atoms with van der Waals surface area (Å²) < 4.78 is 18.2. The highest BCUT2D eigenvalue weighted by molar-refractivity contribution is 5.99. The summed E-state index contributed by atoms with van der Waals surface area (Å²) >= 11 is 0. The van der Waals surface area contributed by atoms with Crippen LogP contribution in [0.4, 0.5) is 20.1 Å². The number of nitrogens with zero attached hydrogens (tertiary/aromatic N) is 4. The highest BCUT2D eigenvalue weighted by atomic mass is 16.6. The van der Waals surface area contributed by atoms with Gasteiger partial charge in [0.05, 0.1) is 35.4 Å². The maximum absolute atomic E-state index is 13.7. The van der Waals surface area contributed by atoms with Gasteiger partial charge in [0.25, 0.3) is 5.56 Å². The minimum atomic E-state index is -1.95. The van der Waals surface area contributed by atoms with E-state index in [1.165, 1.54) is 9.80 Å². The number of piperazine rings is 1. The predicted molar refractivity (Wildman–Crippen MR) is 276 cm³/mol. The number of hydrogen-bond acceptors (Lipinski definition) is 14. The van der Waals surface area contributed by atoms with Crippen molar-refractivity contribution < 1.29 is 62.8 Å². The molecular formula is C54H59N9O14. The maximum atomic E-state index is 13.7. The predicted octanol–water partition coefficient (Wildman–Crippen LogP) is 3.56. The number of nitrogens with two attached hydrogens (primary N) is 1. The molecule has 1 saturated heterocycles. The van der Waals surface area contributed by atoms with Gasteiger partial charge in [0.15, 0.2) is 5.60 Å². The van der Waals surface area contributed by atoms with E-state index in [-0.39, 0.29) is 107 Å². The van der Waals surface area contributed by atoms with Crippen LogP contribution in [-0.2, 0) is 71.6 Å². The number of aliphatic carboxylic acids is 1. The van der Waals surface area contributed by atoms with Crippen molar-refractivity contribution in [2.75, 3.05) is 38.0 Å². The maximum Gasteiger partial charge on any atom is 0.415 e. The Morgan fingerprint density at radius 2 is 1.55 bits per heavy atom. The van der Waals surface area contributed by atoms with E-state index in [1.54, 1.807) is 90.4 Å². The van der Waals surface area contributed by atoms with Crippen molar-refractivity contribution in [2.24, 2.45) is 5.73 Å². The summed E-state index contributed by atoms with van der Waals surface area (Å²) in [5.74, 6) is -3.64. The molecular weight excluding hydrogens is 999 g/mol. The Morgan fingerprint density at radius 3 is 2.22 bits per heavy atom. The zero-order chi connectivity index (χ0) is 55.0. The zero-order valence-electron chi connectivity index (χ0n) is 42.4. The second kappa shape index (κ2) is 23.8. The van der Waals surface area contributed by atoms with Gasteiger partial charge in [-0.1, -0.05) is 56.3 Å². The van der Waals surface area contributed by atoms with E-state index < -0.39 is 72.0 Å². The van der Waals surface area contributed by atoms with Crippen LogP contribution in [0, 0.1) is 0 Å². The highest BCUT2D eigenvalue weighted by Gasteiger charge is 2.45. The molecule has 8 N–H and O–H groups in total. The van der Waals surface area contributed by atoms with Gasteiger partial charge in [0.2, 0.25) is 17.7 Å². The van der Waals surface area contributed by atoms with Crippen LogP contribution >= 0.6 is 0 Å². The van der Waals surface area contributed by atoms with Crippen LogP contribution < -0.4 is 37.3 Å². The molecule has 7 amide bonds. The van der Waals surface area contributed by atoms with Gasteiger partial charge in [-0.05, 0) is 78.8 Å². The molecule has 0 saturated carbocycles. The molecule has 3 aromatic carbocycles. The van der Waals surface area contributed by atoms with E-state index in [0.717, 1.165) is 16.5 Å². The van der Waals surface area contributed by atoms with E-state index in [0.29, 0.717) is 40.1 Å². The number of carboxylic acid groups (broad SMARTS) is 1. The first-order valence-corrected chi connectivity index (χ1v) is 25.3. The van der Waals surface area contributed by atoms with E-state index in [1.807, 2.05) is 6.92 Å². The normalized spacial score (nSPS) is 16.2. The van der Waals surface area contributed by atoms with Crippen molar-refractivity contribution in [2.45, 2.75) is 96.2 Å². The molecule has 5 heterocycles. The average molecular weight is 1060 g/mol. The summed E-state index contributed by atoms with van der Waals surface area (Å²) in [7, 11) is 0. The van der Waals surface area contributed by atoms with E-state index in [9.17, 15) is 48.3 Å². The fourth-order valence-corrected chi connectivity index (χ4v) is 9.60. The lowest BCUT2D eigenvalue weighted by atomic mass is 9.86. The van der Waals surface area contributed by atoms with Crippen LogP contribution in [0.5, 0.6) is 5.75 Å². The SMILES string of the molecule is CCc1c2c(nc3ccc(OC(=O)N4CCN(C(=O)OCc5ccc(NC(=O)[C@H](CCCNC(N)=O)NC(=O)[C@H](Cc6ccccc6)NC(=O)CCC(=O)O)cc5)CC4)cc13)-c1cc3c(c(=O)n1C2)COC(=O)[C@]3(O)CC. The van der Waals surface area contributed by atoms with Gasteiger partial charge in [-0.2, -0.15) is 0 Å². The van der Waals surface area contributed by atoms with Crippen molar-refractivity contribution in [3.8, 4) is 17.1 Å². The topological polar surface area (TPSA) is 320 Å². The van der Waals surface area contributed by atoms with Crippen molar-refractivity contribution >= 4 is 64.5 Å². The fraction of sp³-hybridized carbons (Fsp3) is 0.370. The van der Waals surface area contributed by atoms with E-state index >= 15 is 0 Å². The Morgan fingerprint density at radius 1 is 0.831 bits per heavy atom. The Balaban J connectivity index is 0.836. The van der Waals surface area contributed by atoms with Crippen LogP contribution in [0.15, 0.2) is 83.7 Å². The first-order valence-electron chi connectivity index (χ1n) is 25.3. The first kappa shape index (κ1) is 54.4. The summed E-state index contributed by atoms with van der Waals surface area (Å²) in [6.07, 6.45) is -1.05. The molecule has 0 aliphatic carbocycles. The molecule has 2 aromatic heterocycles. The van der Waals surface area contributed by atoms with Crippen LogP contribution in [0.1, 0.15) is 79.3 Å². The van der Waals surface area contributed by atoms with Crippen LogP contribution in [0.25, 0.3) is 22.3 Å². The molecule has 23 nitrogen and oxygen atoms in total. The number of anilines is 1. The third kappa shape index (κ3) is 12.5. The number of carbonyl (C=O) groups is 8. The number of aryl methyl sites for hydroxylation is 1. The molecule has 0 bridgehead atoms. The first-order chi connectivity index (χ1) is 37.0. The van der Waals surface area contributed by atoms with Gasteiger partial charge in [0, 0.05) is 67.8 Å². The molecule has 3 atom stereocenters. The average Bonchev–Trinajstić information content (AvgIpc) is 3.79. The molecule has 77 heavy (non-hydrogen) atoms. The smallest absolute Gasteiger partial charge is 0.415 e. The zero-order valence-corrected chi connectivity index (χ0v) is 42.4. The number of rotatable bonds is 19. The summed E-state index contributed by atoms with van der Waals surface area (Å²) in [5, 5.41) is 31.5. The number of esters is 1. The van der Waals surface area contributed by atoms with Gasteiger partial charge in [-0.15, -0.1) is 0 Å². The number of fused-ring (bicyclic) bond motifs is 5. The molecule has 23 heteroatoms. The second-order valence-electron chi connectivity index (χ2n) is 18.8. The van der Waals surface area contributed by atoms with Crippen molar-refractivity contribution in [1.82, 2.24) is 35.3 Å². The second-order valence-corrected chi connectivity index (χ2v) is 18.8. The van der Waals surface area contributed by atoms with Crippen molar-refractivity contribution in [3.05, 3.63) is 123 Å². The molecule has 8 rings (SSSR count). The number of pyridine rings is 2. The number of primary amides is 1. The van der Waals surface area contributed by atoms with Crippen molar-refractivity contribution in [1.29, 1.82) is 0 Å². The minimum absolute atomic E-state index is 0.0269. The molecule has 404 valence electrons. The van der Waals surface area contributed by atoms with Crippen LogP contribution in [0.2, 0.25) is 0 Å². The van der Waals surface area contributed by atoms with Gasteiger partial charge in [0.1, 0.15) is 31.0 Å². The summed E-state index contributed by atoms with van der Waals surface area (Å²) in [6, 6.07) is 19.0. The third-order valence-electron chi connectivity index (χ3n) is 13.8. The van der Waals surface area contributed by atoms with Crippen LogP contribution in [0.3, 0.4) is 0 Å². The fourth-order valence-electron chi connectivity index (χ4n) is 9.60.